The van der Waals surface area contributed by atoms with E-state index in [9.17, 15) is 0 Å². The maximum atomic E-state index is 3.60. The SMILES string of the molecule is c1cc[nH]c1.c1ccc2cc3ccccc3cc2c1.c1cn[nH]c1. The largest absolute Gasteiger partial charge is 0.368 e. The van der Waals surface area contributed by atoms with Gasteiger partial charge in [0.05, 0.1) is 0 Å². The van der Waals surface area contributed by atoms with Crippen molar-refractivity contribution in [1.29, 1.82) is 0 Å². The normalized spacial score (nSPS) is 9.67. The number of H-pyrrole nitrogens is 2. The highest BCUT2D eigenvalue weighted by atomic mass is 15.1. The molecule has 0 saturated heterocycles. The third-order valence-corrected chi connectivity index (χ3v) is 3.52. The third kappa shape index (κ3) is 4.34. The van der Waals surface area contributed by atoms with Gasteiger partial charge in [-0.25, -0.2) is 0 Å². The summed E-state index contributed by atoms with van der Waals surface area (Å²) in [5.74, 6) is 0. The molecule has 2 N–H and O–H groups in total. The Kier molecular flexibility index (Phi) is 5.41. The van der Waals surface area contributed by atoms with Crippen LogP contribution in [0.1, 0.15) is 0 Å². The van der Waals surface area contributed by atoms with E-state index in [1.807, 2.05) is 30.6 Å². The minimum Gasteiger partial charge on any atom is -0.368 e. The standard InChI is InChI=1S/C14H10.C4H5N.C3H4N2/c1-2-6-12-10-14-8-4-3-7-13(14)9-11(12)5-1;2*1-2-4-5-3-1/h1-10H;1-5H;1-3H,(H,4,5). The average Bonchev–Trinajstić information content (AvgIpc) is 3.38. The summed E-state index contributed by atoms with van der Waals surface area (Å²) in [5.41, 5.74) is 0. The quantitative estimate of drug-likeness (QED) is 0.368. The molecule has 3 nitrogen and oxygen atoms in total. The van der Waals surface area contributed by atoms with Gasteiger partial charge in [0, 0.05) is 24.8 Å². The Morgan fingerprint density at radius 1 is 0.542 bits per heavy atom. The summed E-state index contributed by atoms with van der Waals surface area (Å²) in [7, 11) is 0. The van der Waals surface area contributed by atoms with Gasteiger partial charge in [-0.3, -0.25) is 5.10 Å². The summed E-state index contributed by atoms with van der Waals surface area (Å²) in [6, 6.07) is 27.1. The zero-order valence-electron chi connectivity index (χ0n) is 13.3. The number of rotatable bonds is 0. The van der Waals surface area contributed by atoms with Gasteiger partial charge in [-0.1, -0.05) is 48.5 Å². The van der Waals surface area contributed by atoms with Crippen LogP contribution in [0, 0.1) is 0 Å². The molecule has 0 aliphatic carbocycles. The van der Waals surface area contributed by atoms with Crippen molar-refractivity contribution in [2.24, 2.45) is 0 Å². The second-order valence-electron chi connectivity index (χ2n) is 5.20. The van der Waals surface area contributed by atoms with Crippen molar-refractivity contribution < 1.29 is 0 Å². The first-order chi connectivity index (χ1) is 11.9. The molecule has 2 aromatic heterocycles. The minimum absolute atomic E-state index is 1.31. The van der Waals surface area contributed by atoms with E-state index in [1.54, 1.807) is 12.4 Å². The number of aromatic amines is 2. The van der Waals surface area contributed by atoms with Crippen molar-refractivity contribution in [2.45, 2.75) is 0 Å². The number of nitrogens with zero attached hydrogens (tertiary/aromatic N) is 1. The van der Waals surface area contributed by atoms with Crippen LogP contribution in [0.15, 0.2) is 104 Å². The molecule has 118 valence electrons. The van der Waals surface area contributed by atoms with E-state index >= 15 is 0 Å². The fourth-order valence-corrected chi connectivity index (χ4v) is 2.38. The lowest BCUT2D eigenvalue weighted by Gasteiger charge is -2.00. The van der Waals surface area contributed by atoms with E-state index in [2.05, 4.69) is 75.8 Å². The molecule has 0 aliphatic heterocycles. The van der Waals surface area contributed by atoms with Crippen LogP contribution in [-0.2, 0) is 0 Å². The topological polar surface area (TPSA) is 44.5 Å². The van der Waals surface area contributed by atoms with Gasteiger partial charge < -0.3 is 4.98 Å². The van der Waals surface area contributed by atoms with Gasteiger partial charge in [0.2, 0.25) is 0 Å². The predicted molar refractivity (Wildman–Crippen MR) is 101 cm³/mol. The van der Waals surface area contributed by atoms with Crippen LogP contribution in [0.2, 0.25) is 0 Å². The molecule has 5 aromatic rings. The zero-order chi connectivity index (χ0) is 16.5. The Balaban J connectivity index is 0.000000138. The molecule has 3 aromatic carbocycles. The molecule has 24 heavy (non-hydrogen) atoms. The fourth-order valence-electron chi connectivity index (χ4n) is 2.38. The van der Waals surface area contributed by atoms with Crippen LogP contribution in [-0.4, -0.2) is 15.2 Å². The van der Waals surface area contributed by atoms with Crippen LogP contribution in [0.5, 0.6) is 0 Å². The van der Waals surface area contributed by atoms with Crippen molar-refractivity contribution >= 4 is 21.5 Å². The summed E-state index contributed by atoms with van der Waals surface area (Å²) in [5, 5.41) is 11.5. The molecule has 0 atom stereocenters. The molecule has 0 aliphatic rings. The molecule has 0 radical (unpaired) electrons. The maximum absolute atomic E-state index is 3.60. The summed E-state index contributed by atoms with van der Waals surface area (Å²) in [4.78, 5) is 2.86. The highest BCUT2D eigenvalue weighted by molar-refractivity contribution is 5.98. The molecular weight excluding hydrogens is 294 g/mol. The maximum Gasteiger partial charge on any atom is 0.0487 e. The summed E-state index contributed by atoms with van der Waals surface area (Å²) in [6.07, 6.45) is 7.21. The van der Waals surface area contributed by atoms with E-state index in [0.29, 0.717) is 0 Å². The molecule has 3 heteroatoms. The molecule has 0 bridgehead atoms. The van der Waals surface area contributed by atoms with Gasteiger partial charge in [-0.15, -0.1) is 0 Å². The van der Waals surface area contributed by atoms with Gasteiger partial charge in [0.15, 0.2) is 0 Å². The van der Waals surface area contributed by atoms with Crippen molar-refractivity contribution in [3.05, 3.63) is 104 Å². The second kappa shape index (κ2) is 8.34. The summed E-state index contributed by atoms with van der Waals surface area (Å²) < 4.78 is 0. The zero-order valence-corrected chi connectivity index (χ0v) is 13.3. The Labute approximate surface area is 141 Å². The van der Waals surface area contributed by atoms with Crippen molar-refractivity contribution in [2.75, 3.05) is 0 Å². The molecule has 0 spiro atoms. The lowest BCUT2D eigenvalue weighted by molar-refractivity contribution is 1.09. The number of hydrogen-bond donors (Lipinski definition) is 2. The van der Waals surface area contributed by atoms with Gasteiger partial charge >= 0.3 is 0 Å². The Bertz CT molecular complexity index is 789. The van der Waals surface area contributed by atoms with E-state index in [-0.39, 0.29) is 0 Å². The number of fused-ring (bicyclic) bond motifs is 2. The van der Waals surface area contributed by atoms with Crippen molar-refractivity contribution in [3.63, 3.8) is 0 Å². The molecular formula is C21H19N3. The van der Waals surface area contributed by atoms with Crippen LogP contribution in [0.4, 0.5) is 0 Å². The second-order valence-corrected chi connectivity index (χ2v) is 5.20. The highest BCUT2D eigenvalue weighted by Gasteiger charge is 1.95. The molecule has 0 unspecified atom stereocenters. The lowest BCUT2D eigenvalue weighted by Crippen LogP contribution is -1.74. The van der Waals surface area contributed by atoms with E-state index in [4.69, 9.17) is 0 Å². The number of hydrogen-bond acceptors (Lipinski definition) is 1. The van der Waals surface area contributed by atoms with Crippen molar-refractivity contribution in [1.82, 2.24) is 15.2 Å². The summed E-state index contributed by atoms with van der Waals surface area (Å²) in [6.45, 7) is 0. The first kappa shape index (κ1) is 15.6. The van der Waals surface area contributed by atoms with Gasteiger partial charge in [-0.2, -0.15) is 5.10 Å². The molecule has 5 rings (SSSR count). The average molecular weight is 313 g/mol. The Morgan fingerprint density at radius 2 is 1.04 bits per heavy atom. The van der Waals surface area contributed by atoms with Crippen LogP contribution < -0.4 is 0 Å². The minimum atomic E-state index is 1.31. The van der Waals surface area contributed by atoms with Crippen LogP contribution >= 0.6 is 0 Å². The van der Waals surface area contributed by atoms with Gasteiger partial charge in [-0.05, 0) is 51.9 Å². The van der Waals surface area contributed by atoms with Crippen molar-refractivity contribution in [3.8, 4) is 0 Å². The van der Waals surface area contributed by atoms with Gasteiger partial charge in [0.1, 0.15) is 0 Å². The van der Waals surface area contributed by atoms with E-state index < -0.39 is 0 Å². The van der Waals surface area contributed by atoms with Crippen LogP contribution in [0.25, 0.3) is 21.5 Å². The predicted octanol–water partition coefficient (Wildman–Crippen LogP) is 5.42. The van der Waals surface area contributed by atoms with E-state index in [0.717, 1.165) is 0 Å². The molecule has 0 fully saturated rings. The fraction of sp³-hybridized carbons (Fsp3) is 0. The molecule has 0 saturated carbocycles. The Hall–Kier alpha value is -3.33. The highest BCUT2D eigenvalue weighted by Crippen LogP contribution is 2.21. The van der Waals surface area contributed by atoms with Crippen LogP contribution in [0.3, 0.4) is 0 Å². The monoisotopic (exact) mass is 313 g/mol. The van der Waals surface area contributed by atoms with E-state index in [1.165, 1.54) is 21.5 Å². The Morgan fingerprint density at radius 3 is 1.29 bits per heavy atom. The first-order valence-electron chi connectivity index (χ1n) is 7.82. The number of nitrogens with one attached hydrogen (secondary N) is 2. The molecule has 0 amide bonds. The number of aromatic nitrogens is 3. The summed E-state index contributed by atoms with van der Waals surface area (Å²) >= 11 is 0. The third-order valence-electron chi connectivity index (χ3n) is 3.52. The smallest absolute Gasteiger partial charge is 0.0487 e. The van der Waals surface area contributed by atoms with Gasteiger partial charge in [0.25, 0.3) is 0 Å². The first-order valence-corrected chi connectivity index (χ1v) is 7.82. The lowest BCUT2D eigenvalue weighted by atomic mass is 10.0. The molecule has 2 heterocycles. The number of benzene rings is 3.